The topological polar surface area (TPSA) is 117 Å². The molecule has 6 rings (SSSR count). The van der Waals surface area contributed by atoms with Gasteiger partial charge in [0.05, 0.1) is 28.5 Å². The van der Waals surface area contributed by atoms with Crippen molar-refractivity contribution in [3.05, 3.63) is 44.6 Å². The zero-order chi connectivity index (χ0) is 34.9. The number of hydrogen-bond donors (Lipinski definition) is 3. The first-order valence-corrected chi connectivity index (χ1v) is 18.2. The highest BCUT2D eigenvalue weighted by molar-refractivity contribution is 7.08. The quantitative estimate of drug-likeness (QED) is 0.370. The molecular weight excluding hydrogens is 681 g/mol. The number of amides is 5. The van der Waals surface area contributed by atoms with Crippen molar-refractivity contribution in [1.82, 2.24) is 29.8 Å². The number of carbonyl (C=O) groups is 3. The summed E-state index contributed by atoms with van der Waals surface area (Å²) in [5.41, 5.74) is 6.06. The Morgan fingerprint density at radius 3 is 2.41 bits per heavy atom. The van der Waals surface area contributed by atoms with Gasteiger partial charge in [-0.3, -0.25) is 9.69 Å². The van der Waals surface area contributed by atoms with Crippen LogP contribution in [0.25, 0.3) is 0 Å². The molecule has 5 amide bonds. The summed E-state index contributed by atoms with van der Waals surface area (Å²) in [6.07, 6.45) is -1.15. The van der Waals surface area contributed by atoms with Gasteiger partial charge in [0.2, 0.25) is 5.91 Å². The number of nitrogens with one attached hydrogen (secondary N) is 2. The smallest absolute Gasteiger partial charge is 0.397 e. The molecule has 0 unspecified atom stereocenters. The summed E-state index contributed by atoms with van der Waals surface area (Å²) < 4.78 is 41.4. The van der Waals surface area contributed by atoms with Crippen molar-refractivity contribution < 1.29 is 27.6 Å². The van der Waals surface area contributed by atoms with Gasteiger partial charge in [-0.2, -0.15) is 13.2 Å². The first kappa shape index (κ1) is 35.6. The molecule has 4 aliphatic rings. The monoisotopic (exact) mass is 724 g/mol. The number of likely N-dealkylation sites (tertiary alicyclic amines) is 2. The molecule has 0 bridgehead atoms. The van der Waals surface area contributed by atoms with Crippen molar-refractivity contribution in [2.24, 2.45) is 0 Å². The summed E-state index contributed by atoms with van der Waals surface area (Å²) in [6, 6.07) is 0.785. The molecule has 0 radical (unpaired) electrons. The third-order valence-electron chi connectivity index (χ3n) is 10.4. The Balaban J connectivity index is 1.13. The van der Waals surface area contributed by atoms with E-state index in [0.717, 1.165) is 62.8 Å². The predicted octanol–water partition coefficient (Wildman–Crippen LogP) is 4.76. The molecule has 3 fully saturated rings. The van der Waals surface area contributed by atoms with E-state index < -0.39 is 29.5 Å². The number of nitrogens with two attached hydrogens (primary N) is 1. The van der Waals surface area contributed by atoms with Crippen LogP contribution in [-0.4, -0.2) is 120 Å². The van der Waals surface area contributed by atoms with Crippen molar-refractivity contribution in [2.45, 2.75) is 69.4 Å². The van der Waals surface area contributed by atoms with Crippen LogP contribution in [0.2, 0.25) is 5.02 Å². The van der Waals surface area contributed by atoms with E-state index in [9.17, 15) is 27.6 Å². The van der Waals surface area contributed by atoms with Crippen molar-refractivity contribution in [2.75, 3.05) is 70.5 Å². The number of nitrogen functional groups attached to an aromatic ring is 1. The van der Waals surface area contributed by atoms with Crippen LogP contribution in [0.4, 0.5) is 34.1 Å². The first-order chi connectivity index (χ1) is 23.4. The molecule has 11 nitrogen and oxygen atoms in total. The van der Waals surface area contributed by atoms with Crippen molar-refractivity contribution >= 4 is 52.3 Å². The van der Waals surface area contributed by atoms with Gasteiger partial charge in [0.25, 0.3) is 0 Å². The Labute approximate surface area is 293 Å². The van der Waals surface area contributed by atoms with Crippen LogP contribution in [0.3, 0.4) is 0 Å². The Morgan fingerprint density at radius 2 is 1.69 bits per heavy atom. The number of halogens is 4. The highest BCUT2D eigenvalue weighted by Crippen LogP contribution is 2.38. The molecule has 3 saturated heterocycles. The molecule has 1 aromatic carbocycles. The fourth-order valence-corrected chi connectivity index (χ4v) is 8.50. The fraction of sp³-hybridized carbons (Fsp3) is 0.606. The van der Waals surface area contributed by atoms with Gasteiger partial charge in [-0.15, -0.1) is 11.3 Å². The number of piperidine rings is 2. The first-order valence-electron chi connectivity index (χ1n) is 16.9. The predicted molar refractivity (Wildman–Crippen MR) is 184 cm³/mol. The van der Waals surface area contributed by atoms with Gasteiger partial charge >= 0.3 is 18.2 Å². The average molecular weight is 725 g/mol. The molecule has 5 heterocycles. The molecule has 4 aliphatic heterocycles. The molecule has 268 valence electrons. The number of alkyl halides is 3. The average Bonchev–Trinajstić information content (AvgIpc) is 3.42. The molecule has 2 aromatic rings. The van der Waals surface area contributed by atoms with Crippen LogP contribution in [-0.2, 0) is 23.9 Å². The summed E-state index contributed by atoms with van der Waals surface area (Å²) >= 11 is 7.66. The minimum absolute atomic E-state index is 0.0573. The molecule has 1 aromatic heterocycles. The Hall–Kier alpha value is -3.27. The highest BCUT2D eigenvalue weighted by Gasteiger charge is 2.38. The van der Waals surface area contributed by atoms with Crippen LogP contribution >= 0.6 is 22.9 Å². The van der Waals surface area contributed by atoms with E-state index in [1.54, 1.807) is 14.7 Å². The number of benzene rings is 1. The number of hydrogen-bond acceptors (Lipinski definition) is 7. The summed E-state index contributed by atoms with van der Waals surface area (Å²) in [4.78, 5) is 50.4. The van der Waals surface area contributed by atoms with Gasteiger partial charge in [-0.25, -0.2) is 9.59 Å². The zero-order valence-electron chi connectivity index (χ0n) is 27.6. The minimum Gasteiger partial charge on any atom is -0.397 e. The van der Waals surface area contributed by atoms with Crippen LogP contribution < -0.4 is 16.4 Å². The second-order valence-corrected chi connectivity index (χ2v) is 14.7. The van der Waals surface area contributed by atoms with E-state index in [1.165, 1.54) is 17.4 Å². The van der Waals surface area contributed by atoms with Gasteiger partial charge in [0.15, 0.2) is 0 Å². The lowest BCUT2D eigenvalue weighted by atomic mass is 9.98. The number of urea groups is 2. The Bertz CT molecular complexity index is 1530. The van der Waals surface area contributed by atoms with E-state index in [4.69, 9.17) is 17.3 Å². The molecule has 49 heavy (non-hydrogen) atoms. The zero-order valence-corrected chi connectivity index (χ0v) is 29.2. The summed E-state index contributed by atoms with van der Waals surface area (Å²) in [5.74, 6) is -0.338. The van der Waals surface area contributed by atoms with Crippen LogP contribution in [0.15, 0.2) is 22.9 Å². The molecular formula is C33H44ClF3N8O3S. The number of thiophene rings is 1. The molecule has 0 spiro atoms. The van der Waals surface area contributed by atoms with E-state index in [-0.39, 0.29) is 35.0 Å². The highest BCUT2D eigenvalue weighted by atomic mass is 35.5. The largest absolute Gasteiger partial charge is 0.418 e. The second kappa shape index (κ2) is 14.9. The van der Waals surface area contributed by atoms with E-state index >= 15 is 0 Å². The maximum atomic E-state index is 14.1. The lowest BCUT2D eigenvalue weighted by Crippen LogP contribution is -2.57. The number of carbonyl (C=O) groups excluding carboxylic acids is 3. The van der Waals surface area contributed by atoms with Crippen LogP contribution in [0.5, 0.6) is 0 Å². The Morgan fingerprint density at radius 1 is 1.00 bits per heavy atom. The number of likely N-dealkylation sites (N-methyl/N-ethyl adjacent to an activating group) is 1. The second-order valence-electron chi connectivity index (χ2n) is 13.6. The summed E-state index contributed by atoms with van der Waals surface area (Å²) in [6.45, 7) is 6.25. The van der Waals surface area contributed by atoms with Crippen molar-refractivity contribution in [1.29, 1.82) is 0 Å². The fourth-order valence-electron chi connectivity index (χ4n) is 7.48. The van der Waals surface area contributed by atoms with E-state index in [0.29, 0.717) is 51.6 Å². The molecule has 0 aliphatic carbocycles. The van der Waals surface area contributed by atoms with Crippen molar-refractivity contribution in [3.8, 4) is 0 Å². The lowest BCUT2D eigenvalue weighted by Gasteiger charge is -2.41. The van der Waals surface area contributed by atoms with Gasteiger partial charge in [-0.1, -0.05) is 11.6 Å². The summed E-state index contributed by atoms with van der Waals surface area (Å²) in [5, 5.41) is 9.46. The Kier molecular flexibility index (Phi) is 10.8. The van der Waals surface area contributed by atoms with Crippen molar-refractivity contribution in [3.63, 3.8) is 0 Å². The number of rotatable bonds is 6. The number of nitrogens with zero attached hydrogens (tertiary/aromatic N) is 5. The van der Waals surface area contributed by atoms with Gasteiger partial charge in [0.1, 0.15) is 6.04 Å². The third kappa shape index (κ3) is 8.21. The van der Waals surface area contributed by atoms with Gasteiger partial charge in [-0.05, 0) is 75.3 Å². The van der Waals surface area contributed by atoms with Crippen LogP contribution in [0, 0.1) is 0 Å². The van der Waals surface area contributed by atoms with Gasteiger partial charge in [0, 0.05) is 68.7 Å². The third-order valence-corrected chi connectivity index (χ3v) is 11.5. The molecule has 0 saturated carbocycles. The SMILES string of the molecule is CN1CCCN(C2CCN(C(=O)[C@@H](Cc3cc(Cl)c(N)c(C(F)(F)F)c3)NC(=O)N3CCC(N4Cc5cscc5NC4=O)CC3)CC2)CC1. The lowest BCUT2D eigenvalue weighted by molar-refractivity contribution is -0.137. The van der Waals surface area contributed by atoms with Gasteiger partial charge < -0.3 is 36.0 Å². The standard InChI is InChI=1S/C33H44ClF3N8O3S/c1-41-7-2-8-42(14-13-41)23-3-9-43(10-4-23)30(46)27(17-21-15-25(33(35,36)37)29(38)26(34)16-21)39-31(47)44-11-5-24(6-12-44)45-18-22-19-49-20-28(22)40-32(45)48/h15-16,19-20,23-24,27H,2-14,17-18,38H2,1H3,(H,39,47)(H,40,48)/t27-/m1/s1. The molecule has 16 heteroatoms. The van der Waals surface area contributed by atoms with Crippen LogP contribution in [0.1, 0.15) is 48.8 Å². The molecule has 4 N–H and O–H groups in total. The number of fused-ring (bicyclic) bond motifs is 1. The maximum Gasteiger partial charge on any atom is 0.418 e. The maximum absolute atomic E-state index is 14.1. The molecule has 1 atom stereocenters. The summed E-state index contributed by atoms with van der Waals surface area (Å²) in [7, 11) is 2.13. The minimum atomic E-state index is -4.74. The van der Waals surface area contributed by atoms with E-state index in [2.05, 4.69) is 27.5 Å². The number of anilines is 2. The van der Waals surface area contributed by atoms with E-state index in [1.807, 2.05) is 10.8 Å². The normalized spacial score (nSPS) is 21.2.